The number of hydrogen-bond acceptors (Lipinski definition) is 6. The van der Waals surface area contributed by atoms with Crippen molar-refractivity contribution >= 4 is 17.9 Å². The molecule has 0 unspecified atom stereocenters. The van der Waals surface area contributed by atoms with E-state index in [1.807, 2.05) is 0 Å². The Kier molecular flexibility index (Phi) is 49.4. The zero-order valence-electron chi connectivity index (χ0n) is 41.6. The number of hydrogen-bond donors (Lipinski definition) is 0. The van der Waals surface area contributed by atoms with Gasteiger partial charge in [-0.05, 0) is 109 Å². The van der Waals surface area contributed by atoms with Crippen LogP contribution in [0.3, 0.4) is 0 Å². The fourth-order valence-electron chi connectivity index (χ4n) is 7.38. The van der Waals surface area contributed by atoms with Gasteiger partial charge in [0.1, 0.15) is 13.2 Å². The topological polar surface area (TPSA) is 78.9 Å². The molecule has 0 rings (SSSR count). The van der Waals surface area contributed by atoms with E-state index < -0.39 is 6.10 Å². The summed E-state index contributed by atoms with van der Waals surface area (Å²) in [7, 11) is 0. The van der Waals surface area contributed by atoms with Crippen LogP contribution in [0.5, 0.6) is 0 Å². The molecular weight excluding hydrogens is 781 g/mol. The first-order chi connectivity index (χ1) is 31.0. The Bertz CT molecular complexity index is 1150. The number of esters is 3. The van der Waals surface area contributed by atoms with Crippen molar-refractivity contribution in [1.29, 1.82) is 0 Å². The molecule has 0 saturated heterocycles. The number of allylic oxidation sites excluding steroid dienone is 10. The van der Waals surface area contributed by atoms with Crippen molar-refractivity contribution in [3.63, 3.8) is 0 Å². The molecule has 6 nitrogen and oxygen atoms in total. The van der Waals surface area contributed by atoms with Gasteiger partial charge in [-0.15, -0.1) is 0 Å². The Morgan fingerprint density at radius 1 is 0.317 bits per heavy atom. The molecule has 0 radical (unpaired) electrons. The average molecular weight is 881 g/mol. The summed E-state index contributed by atoms with van der Waals surface area (Å²) < 4.78 is 16.8. The normalized spacial score (nSPS) is 12.5. The van der Waals surface area contributed by atoms with Crippen LogP contribution in [0.4, 0.5) is 0 Å². The van der Waals surface area contributed by atoms with Gasteiger partial charge in [-0.2, -0.15) is 0 Å². The molecule has 0 heterocycles. The fraction of sp³-hybridized carbons (Fsp3) is 0.772. The molecule has 0 aromatic rings. The number of rotatable bonds is 48. The van der Waals surface area contributed by atoms with Gasteiger partial charge in [-0.25, -0.2) is 0 Å². The van der Waals surface area contributed by atoms with E-state index in [9.17, 15) is 14.4 Å². The first-order valence-electron chi connectivity index (χ1n) is 26.8. The van der Waals surface area contributed by atoms with Crippen LogP contribution in [-0.4, -0.2) is 37.2 Å². The number of carbonyl (C=O) groups is 3. The smallest absolute Gasteiger partial charge is 0.306 e. The van der Waals surface area contributed by atoms with E-state index >= 15 is 0 Å². The van der Waals surface area contributed by atoms with E-state index in [0.29, 0.717) is 19.3 Å². The van der Waals surface area contributed by atoms with Crippen molar-refractivity contribution in [3.05, 3.63) is 60.8 Å². The highest BCUT2D eigenvalue weighted by Gasteiger charge is 2.19. The first kappa shape index (κ1) is 60.1. The van der Waals surface area contributed by atoms with Crippen molar-refractivity contribution in [2.75, 3.05) is 13.2 Å². The SMILES string of the molecule is CCCCC/C=C\C/C=C\C/C=C\CCCCC(=O)OC[C@H](COC(=O)CCCCCCCCC/C=C\CCCCCC)OC(=O)CCCCCCC/C=C\CCCCCCCC. The molecule has 0 fully saturated rings. The molecule has 0 aliphatic heterocycles. The van der Waals surface area contributed by atoms with Crippen LogP contribution < -0.4 is 0 Å². The van der Waals surface area contributed by atoms with E-state index in [1.54, 1.807) is 0 Å². The van der Waals surface area contributed by atoms with E-state index in [0.717, 1.165) is 83.5 Å². The maximum Gasteiger partial charge on any atom is 0.306 e. The summed E-state index contributed by atoms with van der Waals surface area (Å²) in [6.45, 7) is 6.56. The molecule has 0 aliphatic rings. The second-order valence-electron chi connectivity index (χ2n) is 17.8. The monoisotopic (exact) mass is 881 g/mol. The molecule has 0 aliphatic carbocycles. The van der Waals surface area contributed by atoms with E-state index in [-0.39, 0.29) is 31.1 Å². The van der Waals surface area contributed by atoms with Crippen LogP contribution in [0.15, 0.2) is 60.8 Å². The van der Waals surface area contributed by atoms with Gasteiger partial charge in [-0.1, -0.05) is 197 Å². The van der Waals surface area contributed by atoms with Gasteiger partial charge < -0.3 is 14.2 Å². The lowest BCUT2D eigenvalue weighted by atomic mass is 10.1. The van der Waals surface area contributed by atoms with Gasteiger partial charge in [0.05, 0.1) is 0 Å². The molecule has 0 N–H and O–H groups in total. The molecule has 364 valence electrons. The quantitative estimate of drug-likeness (QED) is 0.0262. The minimum atomic E-state index is -0.794. The average Bonchev–Trinajstić information content (AvgIpc) is 3.28. The lowest BCUT2D eigenvalue weighted by Crippen LogP contribution is -2.30. The summed E-state index contributed by atoms with van der Waals surface area (Å²) in [5.41, 5.74) is 0. The highest BCUT2D eigenvalue weighted by molar-refractivity contribution is 5.71. The summed E-state index contributed by atoms with van der Waals surface area (Å²) in [5, 5.41) is 0. The van der Waals surface area contributed by atoms with Crippen molar-refractivity contribution in [2.45, 2.75) is 271 Å². The van der Waals surface area contributed by atoms with E-state index in [1.165, 1.54) is 141 Å². The fourth-order valence-corrected chi connectivity index (χ4v) is 7.38. The highest BCUT2D eigenvalue weighted by Crippen LogP contribution is 2.14. The third-order valence-electron chi connectivity index (χ3n) is 11.5. The van der Waals surface area contributed by atoms with Crippen molar-refractivity contribution in [3.8, 4) is 0 Å². The number of unbranched alkanes of at least 4 members (excludes halogenated alkanes) is 27. The molecule has 63 heavy (non-hydrogen) atoms. The van der Waals surface area contributed by atoms with Gasteiger partial charge in [0.2, 0.25) is 0 Å². The predicted molar refractivity (Wildman–Crippen MR) is 270 cm³/mol. The Balaban J connectivity index is 4.45. The first-order valence-corrected chi connectivity index (χ1v) is 26.8. The maximum absolute atomic E-state index is 12.8. The lowest BCUT2D eigenvalue weighted by Gasteiger charge is -2.18. The van der Waals surface area contributed by atoms with E-state index in [2.05, 4.69) is 81.5 Å². The number of ether oxygens (including phenoxy) is 3. The summed E-state index contributed by atoms with van der Waals surface area (Å²) in [6.07, 6.45) is 63.4. The maximum atomic E-state index is 12.8. The van der Waals surface area contributed by atoms with Gasteiger partial charge in [0.25, 0.3) is 0 Å². The van der Waals surface area contributed by atoms with Gasteiger partial charge in [-0.3, -0.25) is 14.4 Å². The molecule has 0 aromatic carbocycles. The standard InChI is InChI=1S/C57H100O6/c1-4-7-10-13-16-19-22-25-28-31-34-37-40-43-46-49-55(58)61-52-54(63-57(60)51-48-45-42-39-36-33-30-27-24-21-18-15-12-9-6-3)53-62-56(59)50-47-44-41-38-35-32-29-26-23-20-17-14-11-8-5-2/h16,19-20,23,25,27-28,30,34,37,54H,4-15,17-18,21-22,24,26,29,31-33,35-36,38-53H2,1-3H3/b19-16-,23-20-,28-25-,30-27-,37-34-/t54-/m1/s1. The summed E-state index contributed by atoms with van der Waals surface area (Å²) >= 11 is 0. The molecule has 0 aromatic heterocycles. The third kappa shape index (κ3) is 50.0. The Labute approximate surface area is 390 Å². The second-order valence-corrected chi connectivity index (χ2v) is 17.8. The molecule has 0 bridgehead atoms. The van der Waals surface area contributed by atoms with Gasteiger partial charge >= 0.3 is 17.9 Å². The summed E-state index contributed by atoms with van der Waals surface area (Å²) in [5.74, 6) is -0.938. The minimum absolute atomic E-state index is 0.0914. The minimum Gasteiger partial charge on any atom is -0.462 e. The van der Waals surface area contributed by atoms with Crippen LogP contribution in [-0.2, 0) is 28.6 Å². The van der Waals surface area contributed by atoms with Crippen LogP contribution in [0.2, 0.25) is 0 Å². The van der Waals surface area contributed by atoms with Crippen molar-refractivity contribution < 1.29 is 28.6 Å². The molecule has 6 heteroatoms. The summed E-state index contributed by atoms with van der Waals surface area (Å²) in [6, 6.07) is 0. The molecule has 1 atom stereocenters. The summed E-state index contributed by atoms with van der Waals surface area (Å²) in [4.78, 5) is 38.0. The van der Waals surface area contributed by atoms with Gasteiger partial charge in [0, 0.05) is 19.3 Å². The predicted octanol–water partition coefficient (Wildman–Crippen LogP) is 17.6. The highest BCUT2D eigenvalue weighted by atomic mass is 16.6. The zero-order valence-corrected chi connectivity index (χ0v) is 41.6. The van der Waals surface area contributed by atoms with E-state index in [4.69, 9.17) is 14.2 Å². The Morgan fingerprint density at radius 2 is 0.571 bits per heavy atom. The van der Waals surface area contributed by atoms with Crippen LogP contribution in [0, 0.1) is 0 Å². The molecule has 0 saturated carbocycles. The van der Waals surface area contributed by atoms with Gasteiger partial charge in [0.15, 0.2) is 6.10 Å². The third-order valence-corrected chi connectivity index (χ3v) is 11.5. The Morgan fingerprint density at radius 3 is 0.984 bits per heavy atom. The van der Waals surface area contributed by atoms with Crippen LogP contribution >= 0.6 is 0 Å². The molecular formula is C57H100O6. The van der Waals surface area contributed by atoms with Crippen molar-refractivity contribution in [2.24, 2.45) is 0 Å². The Hall–Kier alpha value is -2.89. The zero-order chi connectivity index (χ0) is 45.8. The molecule has 0 amide bonds. The number of carbonyl (C=O) groups excluding carboxylic acids is 3. The van der Waals surface area contributed by atoms with Crippen LogP contribution in [0.25, 0.3) is 0 Å². The largest absolute Gasteiger partial charge is 0.462 e. The molecule has 0 spiro atoms. The second kappa shape index (κ2) is 51.7. The lowest BCUT2D eigenvalue weighted by molar-refractivity contribution is -0.167. The van der Waals surface area contributed by atoms with Crippen molar-refractivity contribution in [1.82, 2.24) is 0 Å². The van der Waals surface area contributed by atoms with Crippen LogP contribution in [0.1, 0.15) is 265 Å².